The quantitative estimate of drug-likeness (QED) is 0.442. The number of carbonyl (C=O) groups is 1. The van der Waals surface area contributed by atoms with E-state index in [1.165, 1.54) is 10.9 Å². The van der Waals surface area contributed by atoms with Crippen molar-refractivity contribution in [1.82, 2.24) is 9.55 Å². The number of aromatic nitrogens is 2. The molecule has 0 bridgehead atoms. The summed E-state index contributed by atoms with van der Waals surface area (Å²) in [5.41, 5.74) is 2.30. The molecule has 2 N–H and O–H groups in total. The van der Waals surface area contributed by atoms with Gasteiger partial charge < -0.3 is 10.4 Å². The zero-order valence-electron chi connectivity index (χ0n) is 16.8. The second-order valence-corrected chi connectivity index (χ2v) is 8.17. The zero-order chi connectivity index (χ0) is 22.7. The van der Waals surface area contributed by atoms with Crippen molar-refractivity contribution in [2.75, 3.05) is 5.32 Å². The monoisotopic (exact) mass is 467 g/mol. The van der Waals surface area contributed by atoms with E-state index in [1.807, 2.05) is 30.3 Å². The van der Waals surface area contributed by atoms with E-state index in [2.05, 4.69) is 10.3 Å². The lowest BCUT2D eigenvalue weighted by molar-refractivity contribution is -0.123. The van der Waals surface area contributed by atoms with E-state index in [1.54, 1.807) is 36.4 Å². The Hall–Kier alpha value is -3.19. The molecule has 32 heavy (non-hydrogen) atoms. The largest absolute Gasteiger partial charge is 0.383 e. The van der Waals surface area contributed by atoms with E-state index < -0.39 is 12.0 Å². The fourth-order valence-corrected chi connectivity index (χ4v) is 3.66. The number of nitrogens with zero attached hydrogens (tertiary/aromatic N) is 2. The van der Waals surface area contributed by atoms with E-state index in [-0.39, 0.29) is 18.5 Å². The Bertz CT molecular complexity index is 1340. The van der Waals surface area contributed by atoms with Crippen molar-refractivity contribution >= 4 is 45.7 Å². The summed E-state index contributed by atoms with van der Waals surface area (Å²) in [5, 5.41) is 14.1. The highest BCUT2D eigenvalue weighted by Gasteiger charge is 2.16. The minimum absolute atomic E-state index is 0.193. The van der Waals surface area contributed by atoms with Crippen LogP contribution in [0.2, 0.25) is 10.0 Å². The van der Waals surface area contributed by atoms with Crippen LogP contribution in [0.25, 0.3) is 10.9 Å². The maximum absolute atomic E-state index is 13.0. The Morgan fingerprint density at radius 1 is 1.00 bits per heavy atom. The molecule has 1 atom stereocenters. The van der Waals surface area contributed by atoms with Gasteiger partial charge in [0.05, 0.1) is 33.8 Å². The van der Waals surface area contributed by atoms with Crippen LogP contribution >= 0.6 is 23.2 Å². The first-order valence-corrected chi connectivity index (χ1v) is 10.6. The summed E-state index contributed by atoms with van der Waals surface area (Å²) in [6, 6.07) is 19.3. The number of hydrogen-bond acceptors (Lipinski definition) is 4. The van der Waals surface area contributed by atoms with Crippen LogP contribution in [0.5, 0.6) is 0 Å². The molecule has 0 aliphatic rings. The topological polar surface area (TPSA) is 84.2 Å². The van der Waals surface area contributed by atoms with Crippen molar-refractivity contribution in [3.63, 3.8) is 0 Å². The van der Waals surface area contributed by atoms with E-state index in [4.69, 9.17) is 23.2 Å². The van der Waals surface area contributed by atoms with Gasteiger partial charge in [0.2, 0.25) is 0 Å². The molecule has 3 aromatic carbocycles. The lowest BCUT2D eigenvalue weighted by Gasteiger charge is -2.12. The van der Waals surface area contributed by atoms with Gasteiger partial charge in [-0.25, -0.2) is 4.98 Å². The summed E-state index contributed by atoms with van der Waals surface area (Å²) in [6.45, 7) is 0.269. The molecule has 162 valence electrons. The molecule has 0 spiro atoms. The third-order valence-electron chi connectivity index (χ3n) is 5.00. The molecule has 0 saturated heterocycles. The number of hydrogen-bond donors (Lipinski definition) is 2. The van der Waals surface area contributed by atoms with Crippen molar-refractivity contribution in [3.05, 3.63) is 105 Å². The summed E-state index contributed by atoms with van der Waals surface area (Å²) >= 11 is 12.0. The third kappa shape index (κ3) is 4.99. The van der Waals surface area contributed by atoms with Crippen molar-refractivity contribution in [3.8, 4) is 0 Å². The standard InChI is InChI=1S/C24H19Cl2N3O3/c25-19-8-6-16(10-20(19)26)13-29-14-27-21-9-7-17(12-18(21)24(29)32)28-23(31)22(30)11-15-4-2-1-3-5-15/h1-10,12,14,22,30H,11,13H2,(H,28,31). The predicted octanol–water partition coefficient (Wildman–Crippen LogP) is 4.29. The molecule has 0 aliphatic heterocycles. The number of aliphatic hydroxyl groups is 1. The minimum atomic E-state index is -1.21. The highest BCUT2D eigenvalue weighted by molar-refractivity contribution is 6.42. The number of carbonyl (C=O) groups excluding carboxylic acids is 1. The first-order chi connectivity index (χ1) is 15.4. The summed E-state index contributed by atoms with van der Waals surface area (Å²) < 4.78 is 1.46. The number of halogens is 2. The van der Waals surface area contributed by atoms with Crippen LogP contribution in [0.1, 0.15) is 11.1 Å². The van der Waals surface area contributed by atoms with Crippen LogP contribution in [0.3, 0.4) is 0 Å². The first kappa shape index (κ1) is 22.0. The Morgan fingerprint density at radius 3 is 2.53 bits per heavy atom. The second kappa shape index (κ2) is 9.53. The maximum Gasteiger partial charge on any atom is 0.261 e. The third-order valence-corrected chi connectivity index (χ3v) is 5.74. The maximum atomic E-state index is 13.0. The van der Waals surface area contributed by atoms with Crippen LogP contribution in [0, 0.1) is 0 Å². The van der Waals surface area contributed by atoms with E-state index in [0.717, 1.165) is 11.1 Å². The lowest BCUT2D eigenvalue weighted by atomic mass is 10.1. The lowest BCUT2D eigenvalue weighted by Crippen LogP contribution is -2.29. The molecule has 0 saturated carbocycles. The minimum Gasteiger partial charge on any atom is -0.383 e. The van der Waals surface area contributed by atoms with Crippen molar-refractivity contribution in [2.24, 2.45) is 0 Å². The average molecular weight is 468 g/mol. The van der Waals surface area contributed by atoms with Gasteiger partial charge in [0, 0.05) is 12.1 Å². The normalized spacial score (nSPS) is 12.0. The van der Waals surface area contributed by atoms with Crippen LogP contribution in [0.4, 0.5) is 5.69 Å². The van der Waals surface area contributed by atoms with Crippen molar-refractivity contribution < 1.29 is 9.90 Å². The van der Waals surface area contributed by atoms with Gasteiger partial charge in [-0.2, -0.15) is 0 Å². The Morgan fingerprint density at radius 2 is 1.78 bits per heavy atom. The van der Waals surface area contributed by atoms with Crippen LogP contribution in [0.15, 0.2) is 77.9 Å². The number of benzene rings is 3. The summed E-state index contributed by atoms with van der Waals surface area (Å²) in [6.07, 6.45) is 0.446. The van der Waals surface area contributed by atoms with Crippen LogP contribution in [-0.4, -0.2) is 26.7 Å². The molecule has 0 radical (unpaired) electrons. The van der Waals surface area contributed by atoms with Gasteiger partial charge in [-0.15, -0.1) is 0 Å². The number of amides is 1. The highest BCUT2D eigenvalue weighted by Crippen LogP contribution is 2.23. The molecular formula is C24H19Cl2N3O3. The van der Waals surface area contributed by atoms with Gasteiger partial charge in [-0.1, -0.05) is 59.6 Å². The summed E-state index contributed by atoms with van der Waals surface area (Å²) in [7, 11) is 0. The number of anilines is 1. The SMILES string of the molecule is O=C(Nc1ccc2ncn(Cc3ccc(Cl)c(Cl)c3)c(=O)c2c1)C(O)Cc1ccccc1. The molecule has 4 aromatic rings. The van der Waals surface area contributed by atoms with Crippen molar-refractivity contribution in [2.45, 2.75) is 19.1 Å². The van der Waals surface area contributed by atoms with Gasteiger partial charge in [0.25, 0.3) is 11.5 Å². The number of fused-ring (bicyclic) bond motifs is 1. The van der Waals surface area contributed by atoms with Crippen LogP contribution in [-0.2, 0) is 17.8 Å². The molecule has 6 nitrogen and oxygen atoms in total. The van der Waals surface area contributed by atoms with E-state index in [9.17, 15) is 14.7 Å². The molecule has 1 amide bonds. The van der Waals surface area contributed by atoms with Gasteiger partial charge in [0.1, 0.15) is 6.10 Å². The van der Waals surface area contributed by atoms with Gasteiger partial charge in [-0.05, 0) is 41.5 Å². The summed E-state index contributed by atoms with van der Waals surface area (Å²) in [4.78, 5) is 29.8. The van der Waals surface area contributed by atoms with Gasteiger partial charge in [0.15, 0.2) is 0 Å². The second-order valence-electron chi connectivity index (χ2n) is 7.35. The number of rotatable bonds is 6. The molecule has 0 fully saturated rings. The molecule has 4 rings (SSSR count). The fourth-order valence-electron chi connectivity index (χ4n) is 3.34. The number of aliphatic hydroxyl groups excluding tert-OH is 1. The molecule has 1 unspecified atom stereocenters. The van der Waals surface area contributed by atoms with Crippen molar-refractivity contribution in [1.29, 1.82) is 0 Å². The van der Waals surface area contributed by atoms with E-state index >= 15 is 0 Å². The average Bonchev–Trinajstić information content (AvgIpc) is 2.79. The summed E-state index contributed by atoms with van der Waals surface area (Å²) in [5.74, 6) is -0.548. The van der Waals surface area contributed by atoms with Gasteiger partial charge >= 0.3 is 0 Å². The molecule has 1 aromatic heterocycles. The predicted molar refractivity (Wildman–Crippen MR) is 126 cm³/mol. The molecular weight excluding hydrogens is 449 g/mol. The van der Waals surface area contributed by atoms with Gasteiger partial charge in [-0.3, -0.25) is 14.2 Å². The highest BCUT2D eigenvalue weighted by atomic mass is 35.5. The zero-order valence-corrected chi connectivity index (χ0v) is 18.3. The first-order valence-electron chi connectivity index (χ1n) is 9.87. The fraction of sp³-hybridized carbons (Fsp3) is 0.125. The molecule has 0 aliphatic carbocycles. The Labute approximate surface area is 194 Å². The smallest absolute Gasteiger partial charge is 0.261 e. The Kier molecular flexibility index (Phi) is 6.55. The Balaban J connectivity index is 1.54. The van der Waals surface area contributed by atoms with E-state index in [0.29, 0.717) is 26.6 Å². The molecule has 8 heteroatoms. The number of nitrogens with one attached hydrogen (secondary N) is 1. The molecule has 1 heterocycles. The van der Waals surface area contributed by atoms with Crippen LogP contribution < -0.4 is 10.9 Å².